The van der Waals surface area contributed by atoms with Crippen molar-refractivity contribution >= 4 is 5.69 Å². The van der Waals surface area contributed by atoms with Crippen molar-refractivity contribution in [3.8, 4) is 11.5 Å². The highest BCUT2D eigenvalue weighted by atomic mass is 19.2. The molecule has 2 rings (SSSR count). The quantitative estimate of drug-likeness (QED) is 0.853. The van der Waals surface area contributed by atoms with Gasteiger partial charge in [0.2, 0.25) is 0 Å². The second kappa shape index (κ2) is 6.39. The second-order valence-electron chi connectivity index (χ2n) is 4.30. The van der Waals surface area contributed by atoms with Crippen LogP contribution in [-0.4, -0.2) is 14.2 Å². The van der Waals surface area contributed by atoms with E-state index in [9.17, 15) is 13.2 Å². The summed E-state index contributed by atoms with van der Waals surface area (Å²) in [6, 6.07) is 7.03. The van der Waals surface area contributed by atoms with E-state index in [1.807, 2.05) is 0 Å². The third-order valence-corrected chi connectivity index (χ3v) is 2.92. The van der Waals surface area contributed by atoms with Gasteiger partial charge in [-0.05, 0) is 29.8 Å². The van der Waals surface area contributed by atoms with Crippen molar-refractivity contribution < 1.29 is 22.6 Å². The topological polar surface area (TPSA) is 30.5 Å². The highest BCUT2D eigenvalue weighted by molar-refractivity contribution is 5.54. The van der Waals surface area contributed by atoms with Crippen LogP contribution in [0.25, 0.3) is 0 Å². The fourth-order valence-electron chi connectivity index (χ4n) is 1.86. The molecule has 0 aliphatic carbocycles. The van der Waals surface area contributed by atoms with Crippen molar-refractivity contribution in [2.45, 2.75) is 6.54 Å². The van der Waals surface area contributed by atoms with E-state index in [-0.39, 0.29) is 6.54 Å². The van der Waals surface area contributed by atoms with Crippen LogP contribution < -0.4 is 14.8 Å². The first-order valence-electron chi connectivity index (χ1n) is 6.14. The van der Waals surface area contributed by atoms with Gasteiger partial charge in [0, 0.05) is 18.3 Å². The van der Waals surface area contributed by atoms with Gasteiger partial charge in [0.15, 0.2) is 29.0 Å². The maximum absolute atomic E-state index is 13.1. The Labute approximate surface area is 120 Å². The SMILES string of the molecule is COc1ccc(NCc2cc(F)c(F)c(F)c2)cc1OC. The van der Waals surface area contributed by atoms with Crippen LogP contribution in [0.2, 0.25) is 0 Å². The third-order valence-electron chi connectivity index (χ3n) is 2.92. The zero-order valence-corrected chi connectivity index (χ0v) is 11.5. The molecule has 0 fully saturated rings. The Balaban J connectivity index is 2.13. The summed E-state index contributed by atoms with van der Waals surface area (Å²) in [5, 5.41) is 2.97. The first-order valence-corrected chi connectivity index (χ1v) is 6.14. The molecule has 0 aliphatic heterocycles. The average molecular weight is 297 g/mol. The normalized spacial score (nSPS) is 10.3. The number of methoxy groups -OCH3 is 2. The Morgan fingerprint density at radius 3 is 2.10 bits per heavy atom. The number of ether oxygens (including phenoxy) is 2. The summed E-state index contributed by atoms with van der Waals surface area (Å²) in [6.07, 6.45) is 0. The zero-order chi connectivity index (χ0) is 15.4. The van der Waals surface area contributed by atoms with Crippen molar-refractivity contribution in [1.82, 2.24) is 0 Å². The molecule has 3 nitrogen and oxygen atoms in total. The summed E-state index contributed by atoms with van der Waals surface area (Å²) in [6.45, 7) is 0.142. The first-order chi connectivity index (χ1) is 10.0. The van der Waals surface area contributed by atoms with Crippen molar-refractivity contribution in [3.63, 3.8) is 0 Å². The molecule has 21 heavy (non-hydrogen) atoms. The van der Waals surface area contributed by atoms with Crippen LogP contribution in [0.15, 0.2) is 30.3 Å². The Morgan fingerprint density at radius 1 is 0.905 bits per heavy atom. The van der Waals surface area contributed by atoms with Crippen molar-refractivity contribution in [3.05, 3.63) is 53.3 Å². The Bertz CT molecular complexity index is 624. The van der Waals surface area contributed by atoms with Crippen LogP contribution in [0.5, 0.6) is 11.5 Å². The number of hydrogen-bond acceptors (Lipinski definition) is 3. The minimum Gasteiger partial charge on any atom is -0.493 e. The monoisotopic (exact) mass is 297 g/mol. The van der Waals surface area contributed by atoms with Gasteiger partial charge in [-0.25, -0.2) is 13.2 Å². The van der Waals surface area contributed by atoms with E-state index >= 15 is 0 Å². The molecule has 0 bridgehead atoms. The Kier molecular flexibility index (Phi) is 4.57. The minimum absolute atomic E-state index is 0.142. The number of anilines is 1. The van der Waals surface area contributed by atoms with Crippen molar-refractivity contribution in [2.24, 2.45) is 0 Å². The van der Waals surface area contributed by atoms with Gasteiger partial charge >= 0.3 is 0 Å². The molecule has 0 radical (unpaired) electrons. The predicted molar refractivity (Wildman–Crippen MR) is 73.2 cm³/mol. The molecular formula is C15H14F3NO2. The van der Waals surface area contributed by atoms with E-state index in [4.69, 9.17) is 9.47 Å². The lowest BCUT2D eigenvalue weighted by Gasteiger charge is -2.11. The molecule has 0 unspecified atom stereocenters. The minimum atomic E-state index is -1.47. The van der Waals surface area contributed by atoms with Gasteiger partial charge in [0.05, 0.1) is 14.2 Å². The van der Waals surface area contributed by atoms with Crippen LogP contribution in [0.1, 0.15) is 5.56 Å². The van der Waals surface area contributed by atoms with Gasteiger partial charge in [0.1, 0.15) is 0 Å². The summed E-state index contributed by atoms with van der Waals surface area (Å²) in [5.41, 5.74) is 0.971. The van der Waals surface area contributed by atoms with Gasteiger partial charge in [-0.2, -0.15) is 0 Å². The molecule has 2 aromatic carbocycles. The third kappa shape index (κ3) is 3.39. The molecule has 0 atom stereocenters. The molecule has 112 valence electrons. The van der Waals surface area contributed by atoms with Crippen molar-refractivity contribution in [1.29, 1.82) is 0 Å². The predicted octanol–water partition coefficient (Wildman–Crippen LogP) is 3.73. The molecular weight excluding hydrogens is 283 g/mol. The lowest BCUT2D eigenvalue weighted by molar-refractivity contribution is 0.355. The van der Waals surface area contributed by atoms with Gasteiger partial charge in [0.25, 0.3) is 0 Å². The fourth-order valence-corrected chi connectivity index (χ4v) is 1.86. The number of hydrogen-bond donors (Lipinski definition) is 1. The van der Waals surface area contributed by atoms with E-state index < -0.39 is 17.5 Å². The van der Waals surface area contributed by atoms with E-state index in [0.29, 0.717) is 22.7 Å². The van der Waals surface area contributed by atoms with E-state index in [1.54, 1.807) is 18.2 Å². The van der Waals surface area contributed by atoms with Crippen LogP contribution in [0.4, 0.5) is 18.9 Å². The molecule has 0 spiro atoms. The number of nitrogens with one attached hydrogen (secondary N) is 1. The van der Waals surface area contributed by atoms with Gasteiger partial charge in [-0.3, -0.25) is 0 Å². The van der Waals surface area contributed by atoms with E-state index in [0.717, 1.165) is 12.1 Å². The van der Waals surface area contributed by atoms with Gasteiger partial charge < -0.3 is 14.8 Å². The first kappa shape index (κ1) is 15.0. The standard InChI is InChI=1S/C15H14F3NO2/c1-20-13-4-3-10(7-14(13)21-2)19-8-9-5-11(16)15(18)12(17)6-9/h3-7,19H,8H2,1-2H3. The average Bonchev–Trinajstić information content (AvgIpc) is 2.50. The van der Waals surface area contributed by atoms with Crippen LogP contribution in [0, 0.1) is 17.5 Å². The molecule has 0 aromatic heterocycles. The zero-order valence-electron chi connectivity index (χ0n) is 11.5. The van der Waals surface area contributed by atoms with Gasteiger partial charge in [-0.15, -0.1) is 0 Å². The van der Waals surface area contributed by atoms with Crippen LogP contribution in [0.3, 0.4) is 0 Å². The van der Waals surface area contributed by atoms with Gasteiger partial charge in [-0.1, -0.05) is 0 Å². The summed E-state index contributed by atoms with van der Waals surface area (Å²) in [5.74, 6) is -2.79. The highest BCUT2D eigenvalue weighted by Crippen LogP contribution is 2.30. The molecule has 0 amide bonds. The van der Waals surface area contributed by atoms with E-state index in [1.165, 1.54) is 14.2 Å². The van der Waals surface area contributed by atoms with Crippen LogP contribution in [-0.2, 0) is 6.54 Å². The fraction of sp³-hybridized carbons (Fsp3) is 0.200. The largest absolute Gasteiger partial charge is 0.493 e. The Morgan fingerprint density at radius 2 is 1.52 bits per heavy atom. The molecule has 0 saturated heterocycles. The molecule has 0 saturated carbocycles. The summed E-state index contributed by atoms with van der Waals surface area (Å²) in [7, 11) is 3.03. The molecule has 6 heteroatoms. The molecule has 0 aliphatic rings. The lowest BCUT2D eigenvalue weighted by atomic mass is 10.2. The molecule has 0 heterocycles. The summed E-state index contributed by atoms with van der Waals surface area (Å²) >= 11 is 0. The molecule has 2 aromatic rings. The Hall–Kier alpha value is -2.37. The second-order valence-corrected chi connectivity index (χ2v) is 4.30. The summed E-state index contributed by atoms with van der Waals surface area (Å²) in [4.78, 5) is 0. The molecule has 1 N–H and O–H groups in total. The lowest BCUT2D eigenvalue weighted by Crippen LogP contribution is -2.03. The van der Waals surface area contributed by atoms with E-state index in [2.05, 4.69) is 5.32 Å². The number of halogens is 3. The number of rotatable bonds is 5. The van der Waals surface area contributed by atoms with Crippen molar-refractivity contribution in [2.75, 3.05) is 19.5 Å². The maximum Gasteiger partial charge on any atom is 0.194 e. The number of benzene rings is 2. The smallest absolute Gasteiger partial charge is 0.194 e. The summed E-state index contributed by atoms with van der Waals surface area (Å²) < 4.78 is 49.3. The van der Waals surface area contributed by atoms with Crippen LogP contribution >= 0.6 is 0 Å². The highest BCUT2D eigenvalue weighted by Gasteiger charge is 2.10. The maximum atomic E-state index is 13.1.